The summed E-state index contributed by atoms with van der Waals surface area (Å²) in [6.07, 6.45) is 5.15. The minimum absolute atomic E-state index is 0.244. The zero-order valence-electron chi connectivity index (χ0n) is 13.3. The zero-order valence-corrected chi connectivity index (χ0v) is 15.7. The third kappa shape index (κ3) is 8.44. The number of allylic oxidation sites excluding steroid dienone is 3. The normalized spacial score (nSPS) is 13.8. The lowest BCUT2D eigenvalue weighted by molar-refractivity contribution is -0.139. The highest BCUT2D eigenvalue weighted by Gasteiger charge is 2.05. The van der Waals surface area contributed by atoms with Crippen LogP contribution < -0.4 is 0 Å². The Balaban J connectivity index is 2.74. The van der Waals surface area contributed by atoms with E-state index < -0.39 is 0 Å². The molecular weight excluding hydrogens is 360 g/mol. The van der Waals surface area contributed by atoms with E-state index in [1.165, 1.54) is 22.3 Å². The molecule has 0 aromatic heterocycles. The van der Waals surface area contributed by atoms with Crippen molar-refractivity contribution in [3.8, 4) is 0 Å². The molecule has 0 fully saturated rings. The first-order valence-electron chi connectivity index (χ1n) is 7.29. The number of carbonyl (C=O) groups excluding carboxylic acids is 1. The van der Waals surface area contributed by atoms with Gasteiger partial charge >= 0.3 is 5.97 Å². The van der Waals surface area contributed by atoms with Crippen LogP contribution in [0.2, 0.25) is 0 Å². The molecule has 1 aromatic carbocycles. The highest BCUT2D eigenvalue weighted by molar-refractivity contribution is 9.09. The molecule has 0 amide bonds. The summed E-state index contributed by atoms with van der Waals surface area (Å²) in [5.74, 6) is 0.235. The number of alkyl halides is 1. The predicted octanol–water partition coefficient (Wildman–Crippen LogP) is 5.59. The van der Waals surface area contributed by atoms with E-state index >= 15 is 0 Å². The van der Waals surface area contributed by atoms with Gasteiger partial charge in [-0.2, -0.15) is 0 Å². The van der Waals surface area contributed by atoms with Crippen molar-refractivity contribution in [1.82, 2.24) is 0 Å². The third-order valence-corrected chi connectivity index (χ3v) is 4.95. The molecule has 1 aromatic rings. The molecule has 0 N–H and O–H groups in total. The van der Waals surface area contributed by atoms with Crippen molar-refractivity contribution in [2.24, 2.45) is 5.92 Å². The second-order valence-corrected chi connectivity index (χ2v) is 7.06. The second kappa shape index (κ2) is 10.7. The first-order valence-corrected chi connectivity index (χ1v) is 9.23. The molecule has 120 valence electrons. The molecule has 0 heterocycles. The number of rotatable bonds is 8. The van der Waals surface area contributed by atoms with E-state index in [-0.39, 0.29) is 5.97 Å². The Labute approximate surface area is 146 Å². The van der Waals surface area contributed by atoms with Crippen LogP contribution in [0.1, 0.15) is 27.2 Å². The van der Waals surface area contributed by atoms with Gasteiger partial charge in [-0.25, -0.2) is 0 Å². The summed E-state index contributed by atoms with van der Waals surface area (Å²) in [6, 6.07) is 10.4. The fourth-order valence-electron chi connectivity index (χ4n) is 1.78. The molecule has 22 heavy (non-hydrogen) atoms. The van der Waals surface area contributed by atoms with E-state index in [0.717, 1.165) is 11.8 Å². The smallest absolute Gasteiger partial charge is 0.302 e. The summed E-state index contributed by atoms with van der Waals surface area (Å²) >= 11 is 5.32. The van der Waals surface area contributed by atoms with Crippen LogP contribution in [0, 0.1) is 5.92 Å². The van der Waals surface area contributed by atoms with Gasteiger partial charge < -0.3 is 4.74 Å². The molecule has 0 aliphatic rings. The van der Waals surface area contributed by atoms with Crippen molar-refractivity contribution in [2.75, 3.05) is 11.9 Å². The van der Waals surface area contributed by atoms with Crippen molar-refractivity contribution >= 4 is 33.7 Å². The molecule has 1 atom stereocenters. The number of benzene rings is 1. The average Bonchev–Trinajstić information content (AvgIpc) is 2.47. The van der Waals surface area contributed by atoms with E-state index in [1.807, 2.05) is 12.1 Å². The lowest BCUT2D eigenvalue weighted by atomic mass is 10.1. The van der Waals surface area contributed by atoms with Gasteiger partial charge in [-0.15, -0.1) is 0 Å². The fourth-order valence-corrected chi connectivity index (χ4v) is 3.16. The largest absolute Gasteiger partial charge is 0.462 e. The van der Waals surface area contributed by atoms with Crippen molar-refractivity contribution in [3.05, 3.63) is 53.0 Å². The van der Waals surface area contributed by atoms with Crippen molar-refractivity contribution in [1.29, 1.82) is 0 Å². The van der Waals surface area contributed by atoms with Crippen LogP contribution in [0.3, 0.4) is 0 Å². The number of hydrogen-bond acceptors (Lipinski definition) is 3. The summed E-state index contributed by atoms with van der Waals surface area (Å²) in [4.78, 5) is 13.4. The molecule has 1 unspecified atom stereocenters. The molecule has 0 bridgehead atoms. The van der Waals surface area contributed by atoms with E-state index in [9.17, 15) is 4.79 Å². The Morgan fingerprint density at radius 1 is 1.32 bits per heavy atom. The molecule has 0 aliphatic heterocycles. The number of esters is 1. The van der Waals surface area contributed by atoms with Gasteiger partial charge in [0, 0.05) is 17.1 Å². The maximum Gasteiger partial charge on any atom is 0.302 e. The molecule has 0 radical (unpaired) electrons. The summed E-state index contributed by atoms with van der Waals surface area (Å²) in [6.45, 7) is 6.04. The van der Waals surface area contributed by atoms with Crippen LogP contribution in [-0.4, -0.2) is 17.9 Å². The summed E-state index contributed by atoms with van der Waals surface area (Å²) in [5.41, 5.74) is 1.21. The molecule has 0 saturated heterocycles. The standard InChI is InChI=1S/C18H23BrO2S/c1-14(9-10-21-16(3)20)11-18(12-15(2)13-19)22-17-7-5-4-6-8-17/h4-9,12,15H,10-11,13H2,1-3H3. The average molecular weight is 383 g/mol. The number of ether oxygens (including phenoxy) is 1. The molecule has 2 nitrogen and oxygen atoms in total. The Morgan fingerprint density at radius 2 is 2.00 bits per heavy atom. The molecular formula is C18H23BrO2S. The van der Waals surface area contributed by atoms with Gasteiger partial charge in [-0.05, 0) is 42.4 Å². The van der Waals surface area contributed by atoms with Crippen molar-refractivity contribution < 1.29 is 9.53 Å². The topological polar surface area (TPSA) is 26.3 Å². The number of halogens is 1. The van der Waals surface area contributed by atoms with E-state index in [4.69, 9.17) is 4.74 Å². The lowest BCUT2D eigenvalue weighted by Crippen LogP contribution is -1.98. The van der Waals surface area contributed by atoms with Crippen LogP contribution in [0.5, 0.6) is 0 Å². The maximum atomic E-state index is 10.8. The van der Waals surface area contributed by atoms with E-state index in [0.29, 0.717) is 12.5 Å². The SMILES string of the molecule is CC(=O)OCC=C(C)CC(=CC(C)CBr)Sc1ccccc1. The molecule has 0 saturated carbocycles. The van der Waals surface area contributed by atoms with Gasteiger partial charge in [0.2, 0.25) is 0 Å². The van der Waals surface area contributed by atoms with Crippen LogP contribution in [0.15, 0.2) is 57.9 Å². The van der Waals surface area contributed by atoms with Crippen LogP contribution in [0.25, 0.3) is 0 Å². The van der Waals surface area contributed by atoms with Gasteiger partial charge in [0.25, 0.3) is 0 Å². The summed E-state index contributed by atoms with van der Waals surface area (Å²) in [5, 5.41) is 0.946. The summed E-state index contributed by atoms with van der Waals surface area (Å²) < 4.78 is 4.97. The minimum Gasteiger partial charge on any atom is -0.462 e. The van der Waals surface area contributed by atoms with Gasteiger partial charge in [0.05, 0.1) is 0 Å². The Kier molecular flexibility index (Phi) is 9.25. The molecule has 1 rings (SSSR count). The fraction of sp³-hybridized carbons (Fsp3) is 0.389. The predicted molar refractivity (Wildman–Crippen MR) is 98.3 cm³/mol. The highest BCUT2D eigenvalue weighted by Crippen LogP contribution is 2.32. The Bertz CT molecular complexity index is 523. The minimum atomic E-state index is -0.244. The lowest BCUT2D eigenvalue weighted by Gasteiger charge is -2.11. The van der Waals surface area contributed by atoms with Crippen LogP contribution >= 0.6 is 27.7 Å². The summed E-state index contributed by atoms with van der Waals surface area (Å²) in [7, 11) is 0. The van der Waals surface area contributed by atoms with Crippen molar-refractivity contribution in [3.63, 3.8) is 0 Å². The number of hydrogen-bond donors (Lipinski definition) is 0. The quantitative estimate of drug-likeness (QED) is 0.253. The molecule has 0 aliphatic carbocycles. The number of carbonyl (C=O) groups is 1. The Morgan fingerprint density at radius 3 is 2.59 bits per heavy atom. The van der Waals surface area contributed by atoms with E-state index in [1.54, 1.807) is 11.8 Å². The van der Waals surface area contributed by atoms with Gasteiger partial charge in [-0.3, -0.25) is 4.79 Å². The first kappa shape index (κ1) is 19.0. The van der Waals surface area contributed by atoms with Crippen molar-refractivity contribution in [2.45, 2.75) is 32.1 Å². The molecule has 4 heteroatoms. The van der Waals surface area contributed by atoms with E-state index in [2.05, 4.69) is 60.1 Å². The Hall–Kier alpha value is -1.00. The number of thioether (sulfide) groups is 1. The highest BCUT2D eigenvalue weighted by atomic mass is 79.9. The van der Waals surface area contributed by atoms with Gasteiger partial charge in [-0.1, -0.05) is 64.5 Å². The van der Waals surface area contributed by atoms with Crippen LogP contribution in [-0.2, 0) is 9.53 Å². The zero-order chi connectivity index (χ0) is 16.4. The third-order valence-electron chi connectivity index (χ3n) is 2.88. The maximum absolute atomic E-state index is 10.8. The van der Waals surface area contributed by atoms with Gasteiger partial charge in [0.15, 0.2) is 0 Å². The monoisotopic (exact) mass is 382 g/mol. The molecule has 0 spiro atoms. The van der Waals surface area contributed by atoms with Crippen LogP contribution in [0.4, 0.5) is 0 Å². The second-order valence-electron chi connectivity index (χ2n) is 5.21. The first-order chi connectivity index (χ1) is 10.5. The van der Waals surface area contributed by atoms with Gasteiger partial charge in [0.1, 0.15) is 6.61 Å².